The molecule has 1 rings (SSSR count). The van der Waals surface area contributed by atoms with Crippen molar-refractivity contribution in [1.82, 2.24) is 4.72 Å². The van der Waals surface area contributed by atoms with Gasteiger partial charge in [-0.15, -0.1) is 0 Å². The highest BCUT2D eigenvalue weighted by molar-refractivity contribution is 7.89. The molecule has 1 aliphatic carbocycles. The van der Waals surface area contributed by atoms with Gasteiger partial charge in [0.25, 0.3) is 0 Å². The quantitative estimate of drug-likeness (QED) is 0.743. The minimum atomic E-state index is -3.24. The second-order valence-corrected chi connectivity index (χ2v) is 6.93. The van der Waals surface area contributed by atoms with E-state index in [2.05, 4.69) is 4.72 Å². The fourth-order valence-corrected chi connectivity index (χ4v) is 3.85. The second-order valence-electron chi connectivity index (χ2n) is 5.18. The third-order valence-corrected chi connectivity index (χ3v) is 4.56. The molecule has 0 unspecified atom stereocenters. The lowest BCUT2D eigenvalue weighted by Crippen LogP contribution is -2.39. The SMILES string of the molecule is CC(C)(CO)CS(=O)(=O)NC1CCCC1. The summed E-state index contributed by atoms with van der Waals surface area (Å²) in [6.07, 6.45) is 4.10. The van der Waals surface area contributed by atoms with Gasteiger partial charge < -0.3 is 5.11 Å². The van der Waals surface area contributed by atoms with Gasteiger partial charge in [0.1, 0.15) is 0 Å². The van der Waals surface area contributed by atoms with E-state index in [4.69, 9.17) is 5.11 Å². The normalized spacial score (nSPS) is 19.7. The van der Waals surface area contributed by atoms with Gasteiger partial charge >= 0.3 is 0 Å². The number of aliphatic hydroxyl groups excluding tert-OH is 1. The maximum atomic E-state index is 11.7. The van der Waals surface area contributed by atoms with Gasteiger partial charge in [0.05, 0.1) is 5.75 Å². The molecule has 0 spiro atoms. The molecular formula is C10H21NO3S. The number of rotatable bonds is 5. The van der Waals surface area contributed by atoms with Gasteiger partial charge in [0, 0.05) is 18.1 Å². The highest BCUT2D eigenvalue weighted by Crippen LogP contribution is 2.21. The van der Waals surface area contributed by atoms with Crippen molar-refractivity contribution < 1.29 is 13.5 Å². The highest BCUT2D eigenvalue weighted by Gasteiger charge is 2.28. The van der Waals surface area contributed by atoms with E-state index in [1.807, 2.05) is 0 Å². The topological polar surface area (TPSA) is 66.4 Å². The van der Waals surface area contributed by atoms with Gasteiger partial charge in [0.15, 0.2) is 0 Å². The van der Waals surface area contributed by atoms with Crippen LogP contribution in [-0.2, 0) is 10.0 Å². The average molecular weight is 235 g/mol. The molecule has 4 nitrogen and oxygen atoms in total. The van der Waals surface area contributed by atoms with Crippen LogP contribution in [0.2, 0.25) is 0 Å². The molecule has 0 bridgehead atoms. The van der Waals surface area contributed by atoms with E-state index in [-0.39, 0.29) is 18.4 Å². The summed E-state index contributed by atoms with van der Waals surface area (Å²) in [7, 11) is -3.24. The van der Waals surface area contributed by atoms with Gasteiger partial charge in [-0.05, 0) is 12.8 Å². The van der Waals surface area contributed by atoms with Crippen LogP contribution in [0, 0.1) is 5.41 Å². The van der Waals surface area contributed by atoms with Crippen molar-refractivity contribution in [2.24, 2.45) is 5.41 Å². The lowest BCUT2D eigenvalue weighted by molar-refractivity contribution is 0.178. The Hall–Kier alpha value is -0.130. The van der Waals surface area contributed by atoms with Crippen LogP contribution < -0.4 is 4.72 Å². The Morgan fingerprint density at radius 2 is 1.87 bits per heavy atom. The Labute approximate surface area is 92.1 Å². The average Bonchev–Trinajstić information content (AvgIpc) is 2.54. The van der Waals surface area contributed by atoms with Crippen molar-refractivity contribution in [3.8, 4) is 0 Å². The molecule has 1 saturated carbocycles. The number of hydrogen-bond donors (Lipinski definition) is 2. The summed E-state index contributed by atoms with van der Waals surface area (Å²) in [4.78, 5) is 0. The number of aliphatic hydroxyl groups is 1. The Bertz CT molecular complexity index is 292. The van der Waals surface area contributed by atoms with Crippen molar-refractivity contribution >= 4 is 10.0 Å². The number of nitrogens with one attached hydrogen (secondary N) is 1. The molecule has 5 heteroatoms. The van der Waals surface area contributed by atoms with Gasteiger partial charge in [-0.2, -0.15) is 0 Å². The molecule has 0 aliphatic heterocycles. The Morgan fingerprint density at radius 3 is 2.33 bits per heavy atom. The molecule has 90 valence electrons. The van der Waals surface area contributed by atoms with Crippen molar-refractivity contribution in [3.63, 3.8) is 0 Å². The van der Waals surface area contributed by atoms with Crippen LogP contribution in [0.3, 0.4) is 0 Å². The lowest BCUT2D eigenvalue weighted by atomic mass is 9.98. The third-order valence-electron chi connectivity index (χ3n) is 2.71. The van der Waals surface area contributed by atoms with E-state index in [0.29, 0.717) is 0 Å². The van der Waals surface area contributed by atoms with Crippen LogP contribution >= 0.6 is 0 Å². The van der Waals surface area contributed by atoms with E-state index in [1.165, 1.54) is 0 Å². The molecule has 0 aromatic rings. The Morgan fingerprint density at radius 1 is 1.33 bits per heavy atom. The van der Waals surface area contributed by atoms with Crippen molar-refractivity contribution in [2.75, 3.05) is 12.4 Å². The van der Waals surface area contributed by atoms with E-state index in [9.17, 15) is 8.42 Å². The molecule has 0 aromatic carbocycles. The predicted molar refractivity (Wildman–Crippen MR) is 60.0 cm³/mol. The fraction of sp³-hybridized carbons (Fsp3) is 1.00. The summed E-state index contributed by atoms with van der Waals surface area (Å²) in [5.41, 5.74) is -0.565. The Kier molecular flexibility index (Phi) is 4.14. The summed E-state index contributed by atoms with van der Waals surface area (Å²) in [6.45, 7) is 3.39. The zero-order valence-corrected chi connectivity index (χ0v) is 10.3. The monoisotopic (exact) mass is 235 g/mol. The van der Waals surface area contributed by atoms with E-state index < -0.39 is 15.4 Å². The van der Waals surface area contributed by atoms with Crippen molar-refractivity contribution in [1.29, 1.82) is 0 Å². The molecule has 0 radical (unpaired) electrons. The van der Waals surface area contributed by atoms with Gasteiger partial charge in [0.2, 0.25) is 10.0 Å². The van der Waals surface area contributed by atoms with Gasteiger partial charge in [-0.3, -0.25) is 0 Å². The molecular weight excluding hydrogens is 214 g/mol. The zero-order chi connectivity index (χ0) is 11.5. The molecule has 0 amide bonds. The summed E-state index contributed by atoms with van der Waals surface area (Å²) >= 11 is 0. The number of hydrogen-bond acceptors (Lipinski definition) is 3. The second kappa shape index (κ2) is 4.80. The van der Waals surface area contributed by atoms with Crippen LogP contribution in [0.1, 0.15) is 39.5 Å². The molecule has 1 aliphatic rings. The predicted octanol–water partition coefficient (Wildman–Crippen LogP) is 0.867. The van der Waals surface area contributed by atoms with E-state index >= 15 is 0 Å². The summed E-state index contributed by atoms with van der Waals surface area (Å²) in [5.74, 6) is -0.00694. The molecule has 0 saturated heterocycles. The third kappa shape index (κ3) is 4.49. The van der Waals surface area contributed by atoms with Crippen molar-refractivity contribution in [3.05, 3.63) is 0 Å². The molecule has 1 fully saturated rings. The summed E-state index contributed by atoms with van der Waals surface area (Å²) < 4.78 is 26.2. The fourth-order valence-electron chi connectivity index (χ4n) is 1.90. The minimum Gasteiger partial charge on any atom is -0.396 e. The molecule has 0 atom stereocenters. The van der Waals surface area contributed by atoms with Crippen LogP contribution in [0.25, 0.3) is 0 Å². The molecule has 2 N–H and O–H groups in total. The van der Waals surface area contributed by atoms with Crippen molar-refractivity contribution in [2.45, 2.75) is 45.6 Å². The molecule has 0 heterocycles. The first-order valence-corrected chi connectivity index (χ1v) is 7.11. The minimum absolute atomic E-state index is 0.00694. The highest BCUT2D eigenvalue weighted by atomic mass is 32.2. The van der Waals surface area contributed by atoms with E-state index in [1.54, 1.807) is 13.8 Å². The summed E-state index contributed by atoms with van der Waals surface area (Å²) in [5, 5.41) is 9.03. The first-order chi connectivity index (χ1) is 6.85. The standard InChI is InChI=1S/C10H21NO3S/c1-10(2,7-12)8-15(13,14)11-9-5-3-4-6-9/h9,11-12H,3-8H2,1-2H3. The molecule has 0 aromatic heterocycles. The van der Waals surface area contributed by atoms with E-state index in [0.717, 1.165) is 25.7 Å². The Balaban J connectivity index is 2.51. The first-order valence-electron chi connectivity index (χ1n) is 5.45. The first kappa shape index (κ1) is 12.9. The maximum Gasteiger partial charge on any atom is 0.212 e. The number of sulfonamides is 1. The summed E-state index contributed by atoms with van der Waals surface area (Å²) in [6, 6.07) is 0.115. The largest absolute Gasteiger partial charge is 0.396 e. The maximum absolute atomic E-state index is 11.7. The smallest absolute Gasteiger partial charge is 0.212 e. The lowest BCUT2D eigenvalue weighted by Gasteiger charge is -2.22. The molecule has 15 heavy (non-hydrogen) atoms. The van der Waals surface area contributed by atoms with Gasteiger partial charge in [-0.25, -0.2) is 13.1 Å². The van der Waals surface area contributed by atoms with Crippen LogP contribution in [0.4, 0.5) is 0 Å². The van der Waals surface area contributed by atoms with Gasteiger partial charge in [-0.1, -0.05) is 26.7 Å². The van der Waals surface area contributed by atoms with Crippen LogP contribution in [-0.4, -0.2) is 31.9 Å². The zero-order valence-electron chi connectivity index (χ0n) is 9.49. The van der Waals surface area contributed by atoms with Crippen LogP contribution in [0.5, 0.6) is 0 Å². The van der Waals surface area contributed by atoms with Crippen LogP contribution in [0.15, 0.2) is 0 Å².